The molecule has 1 aromatic carbocycles. The van der Waals surface area contributed by atoms with Gasteiger partial charge in [0.05, 0.1) is 11.9 Å². The standard InChI is InChI=1S/C18H23N5O4S/c19-18(20)22-13-5-3-4-12(10-13)17(27)21-11-14(24)23-15(6-7-16(25)26)28-8-1-2-9-28/h1-5,8-10,15,28H,6-7,11H2,(H,21,27)(H,23,24)(H,25,26)(H4,19,20,22)/t15-/m0/s1. The summed E-state index contributed by atoms with van der Waals surface area (Å²) in [5.41, 5.74) is 6.06. The Morgan fingerprint density at radius 1 is 1.21 bits per heavy atom. The minimum atomic E-state index is -0.922. The Morgan fingerprint density at radius 2 is 1.93 bits per heavy atom. The Morgan fingerprint density at radius 3 is 2.57 bits per heavy atom. The molecule has 1 heterocycles. The highest BCUT2D eigenvalue weighted by Crippen LogP contribution is 2.38. The van der Waals surface area contributed by atoms with Crippen LogP contribution in [0.15, 0.2) is 47.2 Å². The van der Waals surface area contributed by atoms with Gasteiger partial charge in [0.25, 0.3) is 5.91 Å². The molecule has 0 spiro atoms. The second-order valence-electron chi connectivity index (χ2n) is 5.95. The highest BCUT2D eigenvalue weighted by molar-refractivity contribution is 8.22. The maximum absolute atomic E-state index is 12.2. The first kappa shape index (κ1) is 21.0. The lowest BCUT2D eigenvalue weighted by atomic mass is 10.2. The van der Waals surface area contributed by atoms with Crippen LogP contribution in [0.2, 0.25) is 0 Å². The molecular weight excluding hydrogens is 382 g/mol. The van der Waals surface area contributed by atoms with Crippen molar-refractivity contribution in [2.75, 3.05) is 11.9 Å². The van der Waals surface area contributed by atoms with Crippen molar-refractivity contribution < 1.29 is 19.5 Å². The molecule has 1 atom stereocenters. The SMILES string of the molecule is N=C(N)Nc1cccc(C(=O)NCC(=O)N[C@H](CCC(=O)O)[SH]2C=CC=C2)c1. The second-order valence-corrected chi connectivity index (χ2v) is 8.06. The number of amides is 2. The average Bonchev–Trinajstić information content (AvgIpc) is 3.17. The van der Waals surface area contributed by atoms with E-state index in [4.69, 9.17) is 16.2 Å². The number of anilines is 1. The van der Waals surface area contributed by atoms with Gasteiger partial charge in [-0.15, -0.1) is 0 Å². The monoisotopic (exact) mass is 405 g/mol. The van der Waals surface area contributed by atoms with Crippen molar-refractivity contribution in [1.29, 1.82) is 5.41 Å². The second kappa shape index (κ2) is 10.2. The first-order valence-corrected chi connectivity index (χ1v) is 10.0. The number of allylic oxidation sites excluding steroid dienone is 2. The molecule has 28 heavy (non-hydrogen) atoms. The van der Waals surface area contributed by atoms with E-state index in [0.717, 1.165) is 0 Å². The Kier molecular flexibility index (Phi) is 7.64. The largest absolute Gasteiger partial charge is 0.481 e. The number of rotatable bonds is 9. The molecule has 0 bridgehead atoms. The normalized spacial score (nSPS) is 14.4. The van der Waals surface area contributed by atoms with Gasteiger partial charge in [0.1, 0.15) is 0 Å². The first-order valence-electron chi connectivity index (χ1n) is 8.48. The van der Waals surface area contributed by atoms with Crippen molar-refractivity contribution >= 4 is 40.3 Å². The molecule has 150 valence electrons. The van der Waals surface area contributed by atoms with Gasteiger partial charge in [-0.25, -0.2) is 0 Å². The Balaban J connectivity index is 1.89. The molecule has 0 saturated heterocycles. The molecule has 10 heteroatoms. The van der Waals surface area contributed by atoms with Gasteiger partial charge in [-0.1, -0.05) is 18.2 Å². The van der Waals surface area contributed by atoms with Gasteiger partial charge in [0.15, 0.2) is 5.96 Å². The van der Waals surface area contributed by atoms with Gasteiger partial charge < -0.3 is 26.8 Å². The van der Waals surface area contributed by atoms with Crippen LogP contribution in [-0.2, 0) is 9.59 Å². The van der Waals surface area contributed by atoms with Crippen molar-refractivity contribution in [3.63, 3.8) is 0 Å². The summed E-state index contributed by atoms with van der Waals surface area (Å²) in [5.74, 6) is -2.01. The molecule has 9 nitrogen and oxygen atoms in total. The fourth-order valence-corrected chi connectivity index (χ4v) is 4.34. The number of aliphatic carboxylic acids is 1. The summed E-state index contributed by atoms with van der Waals surface area (Å²) in [6.07, 6.45) is 4.01. The zero-order chi connectivity index (χ0) is 20.5. The summed E-state index contributed by atoms with van der Waals surface area (Å²) < 4.78 is 0. The lowest BCUT2D eigenvalue weighted by Gasteiger charge is -2.25. The summed E-state index contributed by atoms with van der Waals surface area (Å²) in [6, 6.07) is 6.37. The van der Waals surface area contributed by atoms with Crippen molar-refractivity contribution in [3.8, 4) is 0 Å². The van der Waals surface area contributed by atoms with Crippen LogP contribution in [0.3, 0.4) is 0 Å². The van der Waals surface area contributed by atoms with E-state index in [1.807, 2.05) is 23.0 Å². The van der Waals surface area contributed by atoms with Crippen LogP contribution in [0.4, 0.5) is 5.69 Å². The van der Waals surface area contributed by atoms with Crippen molar-refractivity contribution in [2.45, 2.75) is 18.2 Å². The van der Waals surface area contributed by atoms with Crippen molar-refractivity contribution in [1.82, 2.24) is 10.6 Å². The molecule has 0 aromatic heterocycles. The molecule has 2 amide bonds. The molecule has 0 fully saturated rings. The number of carbonyl (C=O) groups is 3. The highest BCUT2D eigenvalue weighted by atomic mass is 32.2. The predicted octanol–water partition coefficient (Wildman–Crippen LogP) is 1.07. The first-order chi connectivity index (χ1) is 13.3. The smallest absolute Gasteiger partial charge is 0.303 e. The Hall–Kier alpha value is -3.27. The van der Waals surface area contributed by atoms with Crippen molar-refractivity contribution in [3.05, 3.63) is 52.8 Å². The molecule has 7 N–H and O–H groups in total. The number of nitrogens with two attached hydrogens (primary N) is 1. The number of hydrogen-bond donors (Lipinski definition) is 7. The van der Waals surface area contributed by atoms with Crippen molar-refractivity contribution in [2.24, 2.45) is 5.73 Å². The summed E-state index contributed by atoms with van der Waals surface area (Å²) in [7, 11) is -0.764. The Bertz CT molecular complexity index is 812. The molecule has 1 aliphatic rings. The quantitative estimate of drug-likeness (QED) is 0.185. The fourth-order valence-electron chi connectivity index (χ4n) is 2.50. The van der Waals surface area contributed by atoms with Gasteiger partial charge in [0.2, 0.25) is 5.91 Å². The lowest BCUT2D eigenvalue weighted by Crippen LogP contribution is -2.41. The predicted molar refractivity (Wildman–Crippen MR) is 110 cm³/mol. The average molecular weight is 405 g/mol. The van der Waals surface area contributed by atoms with Gasteiger partial charge in [-0.2, -0.15) is 10.9 Å². The number of guanidine groups is 1. The van der Waals surface area contributed by atoms with Crippen LogP contribution >= 0.6 is 10.9 Å². The van der Waals surface area contributed by atoms with E-state index in [0.29, 0.717) is 17.7 Å². The van der Waals surface area contributed by atoms with Gasteiger partial charge in [-0.05, 0) is 35.4 Å². The van der Waals surface area contributed by atoms with Gasteiger partial charge in [0, 0.05) is 17.7 Å². The van der Waals surface area contributed by atoms with Crippen LogP contribution in [0.1, 0.15) is 23.2 Å². The molecule has 0 unspecified atom stereocenters. The fraction of sp³-hybridized carbons (Fsp3) is 0.222. The third kappa shape index (κ3) is 6.80. The van der Waals surface area contributed by atoms with Gasteiger partial charge >= 0.3 is 5.97 Å². The summed E-state index contributed by atoms with van der Waals surface area (Å²) in [6.45, 7) is -0.233. The minimum absolute atomic E-state index is 0.0479. The van der Waals surface area contributed by atoms with E-state index < -0.39 is 28.7 Å². The molecule has 1 aliphatic heterocycles. The van der Waals surface area contributed by atoms with Crippen LogP contribution in [0.25, 0.3) is 0 Å². The van der Waals surface area contributed by atoms with E-state index >= 15 is 0 Å². The zero-order valence-corrected chi connectivity index (χ0v) is 15.9. The van der Waals surface area contributed by atoms with E-state index in [2.05, 4.69) is 16.0 Å². The number of thiol groups is 1. The molecule has 2 rings (SSSR count). The third-order valence-corrected chi connectivity index (χ3v) is 5.90. The number of nitrogens with one attached hydrogen (secondary N) is 4. The molecule has 0 saturated carbocycles. The van der Waals surface area contributed by atoms with E-state index in [9.17, 15) is 14.4 Å². The van der Waals surface area contributed by atoms with Crippen LogP contribution in [-0.4, -0.2) is 40.8 Å². The number of hydrogen-bond acceptors (Lipinski definition) is 4. The summed E-state index contributed by atoms with van der Waals surface area (Å²) in [5, 5.41) is 27.6. The third-order valence-electron chi connectivity index (χ3n) is 3.76. The molecule has 0 radical (unpaired) electrons. The lowest BCUT2D eigenvalue weighted by molar-refractivity contribution is -0.137. The van der Waals surface area contributed by atoms with E-state index in [1.54, 1.807) is 18.2 Å². The minimum Gasteiger partial charge on any atom is -0.481 e. The zero-order valence-electron chi connectivity index (χ0n) is 15.0. The van der Waals surface area contributed by atoms with E-state index in [-0.39, 0.29) is 24.3 Å². The Labute approximate surface area is 164 Å². The summed E-state index contributed by atoms with van der Waals surface area (Å²) >= 11 is 0. The number of benzene rings is 1. The molecule has 1 aromatic rings. The maximum Gasteiger partial charge on any atom is 0.303 e. The number of carboxylic acids is 1. The highest BCUT2D eigenvalue weighted by Gasteiger charge is 2.19. The molecular formula is C18H23N5O4S. The number of carbonyl (C=O) groups excluding carboxylic acids is 2. The molecule has 0 aliphatic carbocycles. The van der Waals surface area contributed by atoms with Crippen LogP contribution in [0.5, 0.6) is 0 Å². The maximum atomic E-state index is 12.2. The topological polar surface area (TPSA) is 157 Å². The van der Waals surface area contributed by atoms with Crippen LogP contribution < -0.4 is 21.7 Å². The van der Waals surface area contributed by atoms with Gasteiger partial charge in [-0.3, -0.25) is 19.8 Å². The number of carboxylic acid groups (broad SMARTS) is 1. The van der Waals surface area contributed by atoms with Crippen LogP contribution in [0, 0.1) is 5.41 Å². The summed E-state index contributed by atoms with van der Waals surface area (Å²) in [4.78, 5) is 35.3. The van der Waals surface area contributed by atoms with E-state index in [1.165, 1.54) is 6.07 Å².